The Morgan fingerprint density at radius 3 is 2.43 bits per heavy atom. The van der Waals surface area contributed by atoms with Crippen LogP contribution in [-0.4, -0.2) is 33.4 Å². The van der Waals surface area contributed by atoms with Crippen LogP contribution >= 0.6 is 0 Å². The quantitative estimate of drug-likeness (QED) is 0.792. The molecule has 5 nitrogen and oxygen atoms in total. The summed E-state index contributed by atoms with van der Waals surface area (Å²) >= 11 is 0. The predicted octanol–water partition coefficient (Wildman–Crippen LogP) is 2.51. The lowest BCUT2D eigenvalue weighted by Crippen LogP contribution is -2.36. The van der Waals surface area contributed by atoms with Gasteiger partial charge in [-0.3, -0.25) is 0 Å². The monoisotopic (exact) mass is 311 g/mol. The molecule has 0 aliphatic heterocycles. The Balaban J connectivity index is 2.13. The lowest BCUT2D eigenvalue weighted by atomic mass is 9.67. The molecule has 21 heavy (non-hydrogen) atoms. The third-order valence-electron chi connectivity index (χ3n) is 4.62. The number of nitrogens with zero attached hydrogens (tertiary/aromatic N) is 1. The third kappa shape index (κ3) is 3.16. The Kier molecular flexibility index (Phi) is 4.49. The first kappa shape index (κ1) is 16.1. The summed E-state index contributed by atoms with van der Waals surface area (Å²) in [5.74, 6) is 0. The fourth-order valence-corrected chi connectivity index (χ4v) is 3.63. The molecule has 1 saturated carbocycles. The number of hydrogen-bond donors (Lipinski definition) is 2. The van der Waals surface area contributed by atoms with Gasteiger partial charge in [0, 0.05) is 20.6 Å². The molecule has 0 amide bonds. The highest BCUT2D eigenvalue weighted by Gasteiger charge is 2.34. The van der Waals surface area contributed by atoms with Gasteiger partial charge in [-0.1, -0.05) is 13.3 Å². The highest BCUT2D eigenvalue weighted by atomic mass is 32.2. The number of nitrogens with one attached hydrogen (secondary N) is 1. The Hall–Kier alpha value is -1.27. The van der Waals surface area contributed by atoms with Crippen LogP contribution in [0, 0.1) is 5.41 Å². The van der Waals surface area contributed by atoms with Crippen LogP contribution < -0.4 is 11.1 Å². The molecule has 1 aliphatic rings. The van der Waals surface area contributed by atoms with Crippen LogP contribution in [0.4, 0.5) is 11.4 Å². The second kappa shape index (κ2) is 5.85. The van der Waals surface area contributed by atoms with Crippen LogP contribution in [0.3, 0.4) is 0 Å². The van der Waals surface area contributed by atoms with Gasteiger partial charge in [-0.25, -0.2) is 12.7 Å². The van der Waals surface area contributed by atoms with Crippen LogP contribution in [0.2, 0.25) is 0 Å². The summed E-state index contributed by atoms with van der Waals surface area (Å²) in [5, 5.41) is 3.38. The summed E-state index contributed by atoms with van der Waals surface area (Å²) in [5.41, 5.74) is 7.68. The maximum Gasteiger partial charge on any atom is 0.242 e. The van der Waals surface area contributed by atoms with Crippen LogP contribution in [0.5, 0.6) is 0 Å². The van der Waals surface area contributed by atoms with Crippen molar-refractivity contribution in [2.24, 2.45) is 5.41 Å². The number of benzene rings is 1. The Morgan fingerprint density at radius 2 is 2.00 bits per heavy atom. The Morgan fingerprint density at radius 1 is 1.33 bits per heavy atom. The molecule has 0 spiro atoms. The zero-order valence-electron chi connectivity index (χ0n) is 13.0. The Bertz CT molecular complexity index is 602. The molecule has 0 aromatic heterocycles. The van der Waals surface area contributed by atoms with Crippen molar-refractivity contribution in [1.82, 2.24) is 4.31 Å². The lowest BCUT2D eigenvalue weighted by molar-refractivity contribution is 0.145. The van der Waals surface area contributed by atoms with Crippen molar-refractivity contribution in [2.75, 3.05) is 31.7 Å². The van der Waals surface area contributed by atoms with Gasteiger partial charge >= 0.3 is 0 Å². The molecule has 0 radical (unpaired) electrons. The summed E-state index contributed by atoms with van der Waals surface area (Å²) < 4.78 is 25.3. The summed E-state index contributed by atoms with van der Waals surface area (Å²) in [6, 6.07) is 4.89. The van der Waals surface area contributed by atoms with Crippen LogP contribution in [0.25, 0.3) is 0 Å². The maximum absolute atomic E-state index is 12.1. The van der Waals surface area contributed by atoms with Gasteiger partial charge in [-0.05, 0) is 42.9 Å². The lowest BCUT2D eigenvalue weighted by Gasteiger charge is -2.41. The van der Waals surface area contributed by atoms with Gasteiger partial charge in [-0.2, -0.15) is 0 Å². The highest BCUT2D eigenvalue weighted by Crippen LogP contribution is 2.44. The number of hydrogen-bond acceptors (Lipinski definition) is 4. The summed E-state index contributed by atoms with van der Waals surface area (Å²) in [7, 11) is -0.406. The van der Waals surface area contributed by atoms with Crippen LogP contribution in [-0.2, 0) is 10.0 Å². The number of anilines is 2. The fraction of sp³-hybridized carbons (Fsp3) is 0.600. The first-order valence-electron chi connectivity index (χ1n) is 7.37. The molecular weight excluding hydrogens is 286 g/mol. The van der Waals surface area contributed by atoms with E-state index in [4.69, 9.17) is 5.73 Å². The topological polar surface area (TPSA) is 75.4 Å². The number of nitrogen functional groups attached to an aromatic ring is 1. The second-order valence-corrected chi connectivity index (χ2v) is 8.25. The molecule has 0 atom stereocenters. The molecule has 0 saturated heterocycles. The SMILES string of the molecule is CCC1(CNc2ccc(S(=O)(=O)N(C)C)cc2N)CCC1. The molecule has 1 aliphatic carbocycles. The average molecular weight is 311 g/mol. The van der Waals surface area contributed by atoms with Crippen molar-refractivity contribution in [3.8, 4) is 0 Å². The van der Waals surface area contributed by atoms with Gasteiger partial charge in [0.05, 0.1) is 16.3 Å². The van der Waals surface area contributed by atoms with Gasteiger partial charge in [-0.15, -0.1) is 0 Å². The molecule has 1 fully saturated rings. The maximum atomic E-state index is 12.1. The zero-order chi connectivity index (χ0) is 15.7. The molecule has 3 N–H and O–H groups in total. The van der Waals surface area contributed by atoms with E-state index in [1.54, 1.807) is 12.1 Å². The van der Waals surface area contributed by atoms with Crippen molar-refractivity contribution >= 4 is 21.4 Å². The van der Waals surface area contributed by atoms with E-state index in [-0.39, 0.29) is 4.90 Å². The van der Waals surface area contributed by atoms with Gasteiger partial charge in [0.15, 0.2) is 0 Å². The Labute approximate surface area is 127 Å². The molecule has 0 heterocycles. The number of rotatable bonds is 6. The van der Waals surface area contributed by atoms with Gasteiger partial charge in [0.1, 0.15) is 0 Å². The van der Waals surface area contributed by atoms with Crippen molar-refractivity contribution in [3.05, 3.63) is 18.2 Å². The molecule has 118 valence electrons. The van der Waals surface area contributed by atoms with Crippen molar-refractivity contribution in [2.45, 2.75) is 37.5 Å². The van der Waals surface area contributed by atoms with Gasteiger partial charge in [0.2, 0.25) is 10.0 Å². The molecule has 1 aromatic rings. The van der Waals surface area contributed by atoms with E-state index in [9.17, 15) is 8.42 Å². The summed E-state index contributed by atoms with van der Waals surface area (Å²) in [6.45, 7) is 3.12. The van der Waals surface area contributed by atoms with Crippen molar-refractivity contribution in [1.29, 1.82) is 0 Å². The fourth-order valence-electron chi connectivity index (χ4n) is 2.69. The van der Waals surface area contributed by atoms with E-state index in [0.29, 0.717) is 11.1 Å². The number of sulfonamides is 1. The van der Waals surface area contributed by atoms with Gasteiger partial charge < -0.3 is 11.1 Å². The third-order valence-corrected chi connectivity index (χ3v) is 6.43. The van der Waals surface area contributed by atoms with Crippen LogP contribution in [0.15, 0.2) is 23.1 Å². The van der Waals surface area contributed by atoms with E-state index < -0.39 is 10.0 Å². The minimum atomic E-state index is -3.43. The molecule has 1 aromatic carbocycles. The molecule has 0 unspecified atom stereocenters. The standard InChI is InChI=1S/C15H25N3O2S/c1-4-15(8-5-9-15)11-17-14-7-6-12(10-13(14)16)21(19,20)18(2)3/h6-7,10,17H,4-5,8-9,11,16H2,1-3H3. The molecular formula is C15H25N3O2S. The highest BCUT2D eigenvalue weighted by molar-refractivity contribution is 7.89. The first-order valence-corrected chi connectivity index (χ1v) is 8.81. The van der Waals surface area contributed by atoms with E-state index in [2.05, 4.69) is 12.2 Å². The second-order valence-electron chi connectivity index (χ2n) is 6.10. The van der Waals surface area contributed by atoms with Gasteiger partial charge in [0.25, 0.3) is 0 Å². The average Bonchev–Trinajstić information content (AvgIpc) is 2.39. The largest absolute Gasteiger partial charge is 0.397 e. The number of nitrogens with two attached hydrogens (primary N) is 1. The normalized spacial score (nSPS) is 17.5. The molecule has 6 heteroatoms. The summed E-state index contributed by atoms with van der Waals surface area (Å²) in [6.07, 6.45) is 4.96. The van der Waals surface area contributed by atoms with E-state index >= 15 is 0 Å². The summed E-state index contributed by atoms with van der Waals surface area (Å²) in [4.78, 5) is 0.226. The molecule has 0 bridgehead atoms. The smallest absolute Gasteiger partial charge is 0.242 e. The zero-order valence-corrected chi connectivity index (χ0v) is 13.8. The first-order chi connectivity index (χ1) is 9.81. The minimum absolute atomic E-state index is 0.226. The van der Waals surface area contributed by atoms with Crippen molar-refractivity contribution < 1.29 is 8.42 Å². The van der Waals surface area contributed by atoms with E-state index in [0.717, 1.165) is 18.7 Å². The van der Waals surface area contributed by atoms with E-state index in [1.165, 1.54) is 43.7 Å². The van der Waals surface area contributed by atoms with Crippen molar-refractivity contribution in [3.63, 3.8) is 0 Å². The predicted molar refractivity (Wildman–Crippen MR) is 86.8 cm³/mol. The van der Waals surface area contributed by atoms with Crippen LogP contribution in [0.1, 0.15) is 32.6 Å². The molecule has 2 rings (SSSR count). The van der Waals surface area contributed by atoms with E-state index in [1.807, 2.05) is 0 Å². The minimum Gasteiger partial charge on any atom is -0.397 e.